The molecule has 0 aliphatic heterocycles. The number of rotatable bonds is 4. The molecule has 0 atom stereocenters. The largest absolute Gasteiger partial charge is 0.463 e. The average Bonchev–Trinajstić information content (AvgIpc) is 3.36. The third-order valence-corrected chi connectivity index (χ3v) is 4.68. The van der Waals surface area contributed by atoms with Crippen molar-refractivity contribution in [2.75, 3.05) is 0 Å². The number of furan rings is 1. The number of para-hydroxylation sites is 1. The van der Waals surface area contributed by atoms with Crippen molar-refractivity contribution in [1.29, 1.82) is 0 Å². The summed E-state index contributed by atoms with van der Waals surface area (Å²) in [7, 11) is 0. The van der Waals surface area contributed by atoms with E-state index in [9.17, 15) is 9.59 Å². The number of carbonyl (C=O) groups excluding carboxylic acids is 1. The highest BCUT2D eigenvalue weighted by Crippen LogP contribution is 2.27. The lowest BCUT2D eigenvalue weighted by Gasteiger charge is -1.98. The van der Waals surface area contributed by atoms with Gasteiger partial charge in [0.1, 0.15) is 23.3 Å². The Labute approximate surface area is 169 Å². The molecule has 2 N–H and O–H groups in total. The number of nitrogens with zero attached hydrogens (tertiary/aromatic N) is 1. The van der Waals surface area contributed by atoms with Crippen LogP contribution in [0.2, 0.25) is 0 Å². The summed E-state index contributed by atoms with van der Waals surface area (Å²) in [5, 5.41) is 4.32. The third-order valence-electron chi connectivity index (χ3n) is 4.68. The number of nitrogens with one attached hydrogen (secondary N) is 2. The van der Waals surface area contributed by atoms with Crippen molar-refractivity contribution in [1.82, 2.24) is 10.4 Å². The smallest absolute Gasteiger partial charge is 0.287 e. The van der Waals surface area contributed by atoms with Crippen LogP contribution in [0.4, 0.5) is 0 Å². The number of benzene rings is 2. The van der Waals surface area contributed by atoms with E-state index in [1.165, 1.54) is 12.5 Å². The third kappa shape index (κ3) is 3.18. The van der Waals surface area contributed by atoms with Gasteiger partial charge in [-0.05, 0) is 12.1 Å². The molecule has 3 aromatic heterocycles. The number of H-pyrrole nitrogens is 1. The van der Waals surface area contributed by atoms with Gasteiger partial charge in [-0.15, -0.1) is 0 Å². The first-order valence-corrected chi connectivity index (χ1v) is 9.21. The predicted octanol–water partition coefficient (Wildman–Crippen LogP) is 4.30. The minimum absolute atomic E-state index is 0.222. The maximum absolute atomic E-state index is 12.4. The van der Waals surface area contributed by atoms with Gasteiger partial charge in [0, 0.05) is 17.7 Å². The van der Waals surface area contributed by atoms with Crippen LogP contribution >= 0.6 is 0 Å². The van der Waals surface area contributed by atoms with Gasteiger partial charge in [-0.25, -0.2) is 5.43 Å². The molecule has 146 valence electrons. The highest BCUT2D eigenvalue weighted by Gasteiger charge is 2.13. The number of hydrazone groups is 1. The Hall–Kier alpha value is -4.39. The zero-order valence-electron chi connectivity index (χ0n) is 15.6. The van der Waals surface area contributed by atoms with Crippen molar-refractivity contribution in [2.24, 2.45) is 5.10 Å². The summed E-state index contributed by atoms with van der Waals surface area (Å²) in [5.74, 6) is 0.258. The molecule has 1 amide bonds. The van der Waals surface area contributed by atoms with Crippen LogP contribution in [0.3, 0.4) is 0 Å². The second-order valence-electron chi connectivity index (χ2n) is 6.65. The van der Waals surface area contributed by atoms with Crippen molar-refractivity contribution >= 4 is 34.2 Å². The second kappa shape index (κ2) is 7.21. The molecule has 0 radical (unpaired) electrons. The number of carbonyl (C=O) groups is 1. The molecule has 0 saturated carbocycles. The number of aromatic amines is 1. The fraction of sp³-hybridized carbons (Fsp3) is 0. The summed E-state index contributed by atoms with van der Waals surface area (Å²) in [6.07, 6.45) is 2.57. The standard InChI is InChI=1S/C23H15N3O4/c27-22-15(13-29-19-9-5-4-8-16(19)22)12-24-26-23(28)18-11-21-17(25-18)10-20(30-21)14-6-2-1-3-7-14/h1-13,25H,(H,26,28)/b24-12+. The first kappa shape index (κ1) is 17.7. The van der Waals surface area contributed by atoms with Crippen molar-refractivity contribution in [3.63, 3.8) is 0 Å². The van der Waals surface area contributed by atoms with Gasteiger partial charge in [-0.1, -0.05) is 42.5 Å². The fourth-order valence-corrected chi connectivity index (χ4v) is 3.19. The second-order valence-corrected chi connectivity index (χ2v) is 6.65. The van der Waals surface area contributed by atoms with Crippen LogP contribution in [0, 0.1) is 0 Å². The molecule has 0 aliphatic carbocycles. The molecule has 0 saturated heterocycles. The lowest BCUT2D eigenvalue weighted by molar-refractivity contribution is 0.0951. The zero-order chi connectivity index (χ0) is 20.5. The molecule has 0 unspecified atom stereocenters. The normalized spacial score (nSPS) is 11.5. The molecule has 30 heavy (non-hydrogen) atoms. The molecule has 5 rings (SSSR count). The van der Waals surface area contributed by atoms with Gasteiger partial charge >= 0.3 is 0 Å². The average molecular weight is 397 g/mol. The van der Waals surface area contributed by atoms with E-state index in [0.29, 0.717) is 33.5 Å². The molecule has 7 heteroatoms. The van der Waals surface area contributed by atoms with E-state index in [2.05, 4.69) is 15.5 Å². The number of amides is 1. The van der Waals surface area contributed by atoms with Crippen LogP contribution in [0.5, 0.6) is 0 Å². The van der Waals surface area contributed by atoms with Gasteiger partial charge < -0.3 is 13.8 Å². The summed E-state index contributed by atoms with van der Waals surface area (Å²) in [6, 6.07) is 20.1. The SMILES string of the molecule is O=C(N/N=C/c1coc2ccccc2c1=O)c1cc2oc(-c3ccccc3)cc2[nH]1. The Bertz CT molecular complexity index is 1430. The van der Waals surface area contributed by atoms with Crippen LogP contribution in [0.15, 0.2) is 91.7 Å². The minimum Gasteiger partial charge on any atom is -0.463 e. The monoisotopic (exact) mass is 397 g/mol. The fourth-order valence-electron chi connectivity index (χ4n) is 3.19. The maximum atomic E-state index is 12.4. The van der Waals surface area contributed by atoms with Crippen LogP contribution < -0.4 is 10.9 Å². The zero-order valence-corrected chi connectivity index (χ0v) is 15.6. The minimum atomic E-state index is -0.455. The van der Waals surface area contributed by atoms with Crippen LogP contribution in [-0.4, -0.2) is 17.1 Å². The van der Waals surface area contributed by atoms with Gasteiger partial charge in [0.15, 0.2) is 5.58 Å². The topological polar surface area (TPSA) is 101 Å². The van der Waals surface area contributed by atoms with Gasteiger partial charge in [0.05, 0.1) is 22.7 Å². The van der Waals surface area contributed by atoms with E-state index in [1.807, 2.05) is 36.4 Å². The Morgan fingerprint density at radius 3 is 2.63 bits per heavy atom. The van der Waals surface area contributed by atoms with E-state index in [-0.39, 0.29) is 11.0 Å². The van der Waals surface area contributed by atoms with Gasteiger partial charge in [0.2, 0.25) is 5.43 Å². The molecular weight excluding hydrogens is 382 g/mol. The van der Waals surface area contributed by atoms with E-state index >= 15 is 0 Å². The van der Waals surface area contributed by atoms with Crippen LogP contribution in [0.1, 0.15) is 16.1 Å². The Morgan fingerprint density at radius 2 is 1.80 bits per heavy atom. The molecule has 0 aliphatic rings. The molecule has 0 spiro atoms. The van der Waals surface area contributed by atoms with Crippen LogP contribution in [0.25, 0.3) is 33.4 Å². The molecule has 0 bridgehead atoms. The lowest BCUT2D eigenvalue weighted by atomic mass is 10.2. The van der Waals surface area contributed by atoms with Crippen molar-refractivity contribution in [3.05, 3.63) is 94.5 Å². The molecule has 2 aromatic carbocycles. The molecule has 5 aromatic rings. The predicted molar refractivity (Wildman–Crippen MR) is 114 cm³/mol. The quantitative estimate of drug-likeness (QED) is 0.349. The summed E-state index contributed by atoms with van der Waals surface area (Å²) in [4.78, 5) is 27.8. The summed E-state index contributed by atoms with van der Waals surface area (Å²) in [5.41, 5.74) is 5.43. The maximum Gasteiger partial charge on any atom is 0.287 e. The first-order valence-electron chi connectivity index (χ1n) is 9.21. The van der Waals surface area contributed by atoms with E-state index in [0.717, 1.165) is 5.56 Å². The Balaban J connectivity index is 1.33. The van der Waals surface area contributed by atoms with Crippen molar-refractivity contribution < 1.29 is 13.6 Å². The van der Waals surface area contributed by atoms with Crippen LogP contribution in [-0.2, 0) is 0 Å². The molecule has 3 heterocycles. The molecule has 7 nitrogen and oxygen atoms in total. The van der Waals surface area contributed by atoms with E-state index < -0.39 is 5.91 Å². The van der Waals surface area contributed by atoms with E-state index in [4.69, 9.17) is 8.83 Å². The molecular formula is C23H15N3O4. The highest BCUT2D eigenvalue weighted by atomic mass is 16.3. The highest BCUT2D eigenvalue weighted by molar-refractivity contribution is 5.98. The van der Waals surface area contributed by atoms with Crippen molar-refractivity contribution in [2.45, 2.75) is 0 Å². The number of fused-ring (bicyclic) bond motifs is 2. The first-order chi connectivity index (χ1) is 14.7. The lowest BCUT2D eigenvalue weighted by Crippen LogP contribution is -2.19. The van der Waals surface area contributed by atoms with Crippen molar-refractivity contribution in [3.8, 4) is 11.3 Å². The number of hydrogen-bond acceptors (Lipinski definition) is 5. The summed E-state index contributed by atoms with van der Waals surface area (Å²) < 4.78 is 11.2. The van der Waals surface area contributed by atoms with E-state index in [1.54, 1.807) is 30.3 Å². The Morgan fingerprint density at radius 1 is 1.00 bits per heavy atom. The summed E-state index contributed by atoms with van der Waals surface area (Å²) in [6.45, 7) is 0. The molecule has 0 fully saturated rings. The summed E-state index contributed by atoms with van der Waals surface area (Å²) >= 11 is 0. The number of aromatic nitrogens is 1. The van der Waals surface area contributed by atoms with Gasteiger partial charge in [0.25, 0.3) is 5.91 Å². The van der Waals surface area contributed by atoms with Gasteiger partial charge in [-0.3, -0.25) is 9.59 Å². The number of hydrogen-bond donors (Lipinski definition) is 2. The Kier molecular flexibility index (Phi) is 4.25. The van der Waals surface area contributed by atoms with Gasteiger partial charge in [-0.2, -0.15) is 5.10 Å².